The van der Waals surface area contributed by atoms with E-state index in [4.69, 9.17) is 4.74 Å². The largest absolute Gasteiger partial charge is 0.463 e. The van der Waals surface area contributed by atoms with E-state index in [9.17, 15) is 13.2 Å². The summed E-state index contributed by atoms with van der Waals surface area (Å²) in [6.45, 7) is 5.26. The van der Waals surface area contributed by atoms with Gasteiger partial charge in [-0.2, -0.15) is 23.1 Å². The lowest BCUT2D eigenvalue weighted by atomic mass is 10.1. The summed E-state index contributed by atoms with van der Waals surface area (Å²) in [7, 11) is 0. The van der Waals surface area contributed by atoms with E-state index in [0.717, 1.165) is 47.1 Å². The number of aromatic nitrogens is 5. The highest BCUT2D eigenvalue weighted by molar-refractivity contribution is 7.18. The molecule has 5 rings (SSSR count). The first-order valence-corrected chi connectivity index (χ1v) is 11.6. The molecule has 1 saturated heterocycles. The van der Waals surface area contributed by atoms with Gasteiger partial charge >= 0.3 is 12.2 Å². The summed E-state index contributed by atoms with van der Waals surface area (Å²) >= 11 is 1.61. The molecule has 2 aliphatic heterocycles. The van der Waals surface area contributed by atoms with Crippen LogP contribution < -0.4 is 15.0 Å². The maximum atomic E-state index is 13.2. The third-order valence-corrected chi connectivity index (χ3v) is 6.91. The van der Waals surface area contributed by atoms with Gasteiger partial charge in [0.25, 0.3) is 0 Å². The minimum atomic E-state index is -4.52. The van der Waals surface area contributed by atoms with Crippen LogP contribution in [0.4, 0.5) is 19.0 Å². The van der Waals surface area contributed by atoms with Gasteiger partial charge < -0.3 is 19.5 Å². The molecule has 32 heavy (non-hydrogen) atoms. The zero-order valence-corrected chi connectivity index (χ0v) is 18.5. The van der Waals surface area contributed by atoms with Gasteiger partial charge in [0.05, 0.1) is 18.5 Å². The summed E-state index contributed by atoms with van der Waals surface area (Å²) in [5, 5.41) is 11.4. The van der Waals surface area contributed by atoms with Crippen molar-refractivity contribution in [2.45, 2.75) is 45.5 Å². The first kappa shape index (κ1) is 21.4. The highest BCUT2D eigenvalue weighted by Gasteiger charge is 2.39. The van der Waals surface area contributed by atoms with Gasteiger partial charge in [-0.3, -0.25) is 0 Å². The fourth-order valence-corrected chi connectivity index (χ4v) is 5.32. The van der Waals surface area contributed by atoms with Crippen LogP contribution in [-0.4, -0.2) is 51.0 Å². The molecule has 1 N–H and O–H groups in total. The van der Waals surface area contributed by atoms with Gasteiger partial charge in [-0.1, -0.05) is 13.3 Å². The molecule has 0 amide bonds. The maximum absolute atomic E-state index is 13.2. The van der Waals surface area contributed by atoms with Crippen molar-refractivity contribution in [2.24, 2.45) is 5.92 Å². The normalized spacial score (nSPS) is 19.0. The van der Waals surface area contributed by atoms with E-state index in [2.05, 4.69) is 38.5 Å². The Morgan fingerprint density at radius 3 is 2.88 bits per heavy atom. The average molecular weight is 468 g/mol. The van der Waals surface area contributed by atoms with E-state index in [-0.39, 0.29) is 18.9 Å². The molecule has 0 aromatic carbocycles. The number of ether oxygens (including phenoxy) is 1. The lowest BCUT2D eigenvalue weighted by Gasteiger charge is -2.29. The van der Waals surface area contributed by atoms with Crippen LogP contribution in [0.25, 0.3) is 10.2 Å². The number of thiophene rings is 1. The number of anilines is 1. The molecule has 12 heteroatoms. The Hall–Kier alpha value is -2.47. The molecule has 1 fully saturated rings. The van der Waals surface area contributed by atoms with Gasteiger partial charge in [-0.15, -0.1) is 21.5 Å². The zero-order chi connectivity index (χ0) is 22.3. The predicted molar refractivity (Wildman–Crippen MR) is 114 cm³/mol. The van der Waals surface area contributed by atoms with Gasteiger partial charge in [0.15, 0.2) is 5.82 Å². The number of alkyl halides is 3. The molecule has 0 bridgehead atoms. The standard InChI is InChI=1S/C20H24F3N7OS/c1-2-3-13-8-14-16(25-19(26-17(14)32-13)31-11-12-4-5-24-9-12)29-6-7-30-15(10-29)27-28-18(30)20(21,22)23/h8,12,24H,2-7,9-11H2,1H3/t12-/m0/s1. The fourth-order valence-electron chi connectivity index (χ4n) is 4.21. The lowest BCUT2D eigenvalue weighted by Crippen LogP contribution is -2.36. The highest BCUT2D eigenvalue weighted by atomic mass is 32.1. The molecule has 172 valence electrons. The number of halogens is 3. The molecule has 2 aliphatic rings. The molecule has 5 heterocycles. The van der Waals surface area contributed by atoms with Crippen molar-refractivity contribution in [3.8, 4) is 6.01 Å². The van der Waals surface area contributed by atoms with Crippen molar-refractivity contribution in [1.82, 2.24) is 30.0 Å². The van der Waals surface area contributed by atoms with E-state index in [1.807, 2.05) is 4.90 Å². The Labute approximate surface area is 186 Å². The van der Waals surface area contributed by atoms with Gasteiger partial charge in [-0.05, 0) is 25.5 Å². The van der Waals surface area contributed by atoms with E-state index < -0.39 is 12.0 Å². The second kappa shape index (κ2) is 8.47. The van der Waals surface area contributed by atoms with Crippen molar-refractivity contribution in [3.63, 3.8) is 0 Å². The molecule has 3 aromatic rings. The highest BCUT2D eigenvalue weighted by Crippen LogP contribution is 2.36. The monoisotopic (exact) mass is 467 g/mol. The molecular formula is C20H24F3N7OS. The van der Waals surface area contributed by atoms with Crippen LogP contribution in [0, 0.1) is 5.92 Å². The number of hydrogen-bond donors (Lipinski definition) is 1. The Bertz CT molecular complexity index is 1110. The third kappa shape index (κ3) is 4.13. The molecule has 8 nitrogen and oxygen atoms in total. The van der Waals surface area contributed by atoms with Crippen molar-refractivity contribution in [2.75, 3.05) is 31.1 Å². The van der Waals surface area contributed by atoms with E-state index in [0.29, 0.717) is 30.9 Å². The summed E-state index contributed by atoms with van der Waals surface area (Å²) in [4.78, 5) is 13.3. The Morgan fingerprint density at radius 1 is 1.25 bits per heavy atom. The van der Waals surface area contributed by atoms with Gasteiger partial charge in [0.1, 0.15) is 10.6 Å². The van der Waals surface area contributed by atoms with Crippen LogP contribution in [0.2, 0.25) is 0 Å². The van der Waals surface area contributed by atoms with Crippen molar-refractivity contribution < 1.29 is 17.9 Å². The van der Waals surface area contributed by atoms with Crippen LogP contribution in [-0.2, 0) is 25.7 Å². The first-order chi connectivity index (χ1) is 15.4. The lowest BCUT2D eigenvalue weighted by molar-refractivity contribution is -0.147. The van der Waals surface area contributed by atoms with E-state index in [1.54, 1.807) is 11.3 Å². The van der Waals surface area contributed by atoms with Crippen molar-refractivity contribution in [1.29, 1.82) is 0 Å². The van der Waals surface area contributed by atoms with Crippen LogP contribution in [0.1, 0.15) is 36.3 Å². The Morgan fingerprint density at radius 2 is 2.12 bits per heavy atom. The number of hydrogen-bond acceptors (Lipinski definition) is 8. The molecule has 0 unspecified atom stereocenters. The maximum Gasteiger partial charge on any atom is 0.451 e. The molecule has 1 atom stereocenters. The van der Waals surface area contributed by atoms with Gasteiger partial charge in [0, 0.05) is 30.4 Å². The van der Waals surface area contributed by atoms with Crippen molar-refractivity contribution >= 4 is 27.4 Å². The Balaban J connectivity index is 1.46. The predicted octanol–water partition coefficient (Wildman–Crippen LogP) is 3.26. The number of aryl methyl sites for hydroxylation is 1. The zero-order valence-electron chi connectivity index (χ0n) is 17.7. The summed E-state index contributed by atoms with van der Waals surface area (Å²) < 4.78 is 46.7. The van der Waals surface area contributed by atoms with Gasteiger partial charge in [-0.25, -0.2) is 0 Å². The SMILES string of the molecule is CCCc1cc2c(N3CCn4c(nnc4C(F)(F)F)C3)nc(OC[C@H]3CCNC3)nc2s1. The molecule has 0 radical (unpaired) electrons. The number of rotatable bonds is 6. The summed E-state index contributed by atoms with van der Waals surface area (Å²) in [6, 6.07) is 2.40. The minimum Gasteiger partial charge on any atom is -0.463 e. The summed E-state index contributed by atoms with van der Waals surface area (Å²) in [5.74, 6) is 0.427. The van der Waals surface area contributed by atoms with Gasteiger partial charge in [0.2, 0.25) is 5.82 Å². The topological polar surface area (TPSA) is 81.0 Å². The summed E-state index contributed by atoms with van der Waals surface area (Å²) in [5.41, 5.74) is 0. The fraction of sp³-hybridized carbons (Fsp3) is 0.600. The summed E-state index contributed by atoms with van der Waals surface area (Å²) in [6.07, 6.45) is -1.51. The van der Waals surface area contributed by atoms with Crippen LogP contribution in [0.3, 0.4) is 0 Å². The van der Waals surface area contributed by atoms with Crippen LogP contribution in [0.15, 0.2) is 6.07 Å². The molecule has 3 aromatic heterocycles. The minimum absolute atomic E-state index is 0.137. The second-order valence-electron chi connectivity index (χ2n) is 8.19. The number of fused-ring (bicyclic) bond motifs is 2. The second-order valence-corrected chi connectivity index (χ2v) is 9.31. The Kier molecular flexibility index (Phi) is 5.66. The van der Waals surface area contributed by atoms with E-state index >= 15 is 0 Å². The van der Waals surface area contributed by atoms with Crippen LogP contribution in [0.5, 0.6) is 6.01 Å². The van der Waals surface area contributed by atoms with E-state index in [1.165, 1.54) is 4.88 Å². The number of nitrogens with zero attached hydrogens (tertiary/aromatic N) is 6. The average Bonchev–Trinajstić information content (AvgIpc) is 3.49. The third-order valence-electron chi connectivity index (χ3n) is 5.82. The smallest absolute Gasteiger partial charge is 0.451 e. The quantitative estimate of drug-likeness (QED) is 0.596. The first-order valence-electron chi connectivity index (χ1n) is 10.8. The molecule has 0 aliphatic carbocycles. The number of nitrogens with one attached hydrogen (secondary N) is 1. The van der Waals surface area contributed by atoms with Crippen molar-refractivity contribution in [3.05, 3.63) is 22.6 Å². The van der Waals surface area contributed by atoms with Crippen LogP contribution >= 0.6 is 11.3 Å². The molecule has 0 spiro atoms. The molecule has 0 saturated carbocycles. The molecular weight excluding hydrogens is 443 g/mol.